The maximum Gasteiger partial charge on any atom is 0.408 e. The van der Waals surface area contributed by atoms with Gasteiger partial charge in [0.1, 0.15) is 19.3 Å². The van der Waals surface area contributed by atoms with Gasteiger partial charge in [0.2, 0.25) is 0 Å². The molecule has 0 bridgehead atoms. The maximum atomic E-state index is 12.0. The van der Waals surface area contributed by atoms with Crippen molar-refractivity contribution in [1.82, 2.24) is 5.32 Å². The Morgan fingerprint density at radius 3 is 2.52 bits per heavy atom. The van der Waals surface area contributed by atoms with Crippen LogP contribution in [0.3, 0.4) is 0 Å². The van der Waals surface area contributed by atoms with Gasteiger partial charge in [0.25, 0.3) is 0 Å². The number of carbonyl (C=O) groups excluding carboxylic acids is 2. The predicted molar refractivity (Wildman–Crippen MR) is 81.6 cm³/mol. The number of amides is 1. The van der Waals surface area contributed by atoms with E-state index in [1.807, 2.05) is 6.07 Å². The molecule has 0 aliphatic heterocycles. The van der Waals surface area contributed by atoms with Crippen molar-refractivity contribution in [3.63, 3.8) is 0 Å². The summed E-state index contributed by atoms with van der Waals surface area (Å²) in [4.78, 5) is 34.2. The minimum atomic E-state index is -1.09. The molecular formula is C16H19NO6. The summed E-state index contributed by atoms with van der Waals surface area (Å²) in [5.41, 5.74) is 0.784. The summed E-state index contributed by atoms with van der Waals surface area (Å²) in [6.45, 7) is 3.41. The second-order valence-electron chi connectivity index (χ2n) is 4.61. The minimum absolute atomic E-state index is 0.0173. The van der Waals surface area contributed by atoms with E-state index >= 15 is 0 Å². The van der Waals surface area contributed by atoms with Gasteiger partial charge in [-0.2, -0.15) is 0 Å². The molecule has 7 heteroatoms. The Morgan fingerprint density at radius 2 is 1.91 bits per heavy atom. The molecule has 7 nitrogen and oxygen atoms in total. The van der Waals surface area contributed by atoms with Crippen molar-refractivity contribution in [1.29, 1.82) is 0 Å². The van der Waals surface area contributed by atoms with Crippen LogP contribution in [0, 0.1) is 0 Å². The van der Waals surface area contributed by atoms with E-state index in [0.717, 1.165) is 5.56 Å². The highest BCUT2D eigenvalue weighted by molar-refractivity contribution is 5.82. The molecule has 0 heterocycles. The standard InChI is InChI=1S/C16H19NO6/c1-2-10-22-16(21)17-13(8-9-14(18)19)15(20)23-11-12-6-4-3-5-7-12/h2-7,13H,1,8-11H2,(H,17,21)(H,18,19). The molecule has 0 radical (unpaired) electrons. The quantitative estimate of drug-likeness (QED) is 0.532. The number of rotatable bonds is 9. The van der Waals surface area contributed by atoms with Gasteiger partial charge < -0.3 is 19.9 Å². The molecule has 1 amide bonds. The molecule has 2 N–H and O–H groups in total. The fraction of sp³-hybridized carbons (Fsp3) is 0.312. The summed E-state index contributed by atoms with van der Waals surface area (Å²) >= 11 is 0. The number of hydrogen-bond acceptors (Lipinski definition) is 5. The molecule has 1 unspecified atom stereocenters. The van der Waals surface area contributed by atoms with Crippen LogP contribution in [0.1, 0.15) is 18.4 Å². The van der Waals surface area contributed by atoms with Crippen molar-refractivity contribution in [3.05, 3.63) is 48.6 Å². The average Bonchev–Trinajstić information content (AvgIpc) is 2.55. The number of carboxylic acid groups (broad SMARTS) is 1. The lowest BCUT2D eigenvalue weighted by Gasteiger charge is -2.16. The molecule has 0 aromatic heterocycles. The number of carbonyl (C=O) groups is 3. The molecule has 124 valence electrons. The van der Waals surface area contributed by atoms with Crippen LogP contribution >= 0.6 is 0 Å². The molecule has 23 heavy (non-hydrogen) atoms. The zero-order valence-corrected chi connectivity index (χ0v) is 12.6. The third-order valence-corrected chi connectivity index (χ3v) is 2.78. The highest BCUT2D eigenvalue weighted by Crippen LogP contribution is 2.05. The van der Waals surface area contributed by atoms with Gasteiger partial charge in [-0.3, -0.25) is 4.79 Å². The third-order valence-electron chi connectivity index (χ3n) is 2.78. The van der Waals surface area contributed by atoms with Gasteiger partial charge in [0.05, 0.1) is 0 Å². The monoisotopic (exact) mass is 321 g/mol. The van der Waals surface area contributed by atoms with Crippen molar-refractivity contribution >= 4 is 18.0 Å². The van der Waals surface area contributed by atoms with Crippen molar-refractivity contribution in [2.75, 3.05) is 6.61 Å². The fourth-order valence-corrected chi connectivity index (χ4v) is 1.66. The topological polar surface area (TPSA) is 102 Å². The van der Waals surface area contributed by atoms with E-state index in [4.69, 9.17) is 14.6 Å². The number of ether oxygens (including phenoxy) is 2. The molecular weight excluding hydrogens is 302 g/mol. The first kappa shape index (κ1) is 18.2. The second kappa shape index (κ2) is 9.99. The number of benzene rings is 1. The molecule has 1 rings (SSSR count). The highest BCUT2D eigenvalue weighted by Gasteiger charge is 2.23. The van der Waals surface area contributed by atoms with Gasteiger partial charge >= 0.3 is 18.0 Å². The van der Waals surface area contributed by atoms with Crippen LogP contribution in [-0.2, 0) is 25.7 Å². The lowest BCUT2D eigenvalue weighted by atomic mass is 10.1. The third kappa shape index (κ3) is 7.66. The molecule has 0 saturated heterocycles. The lowest BCUT2D eigenvalue weighted by molar-refractivity contribution is -0.148. The van der Waals surface area contributed by atoms with Gasteiger partial charge in [-0.15, -0.1) is 0 Å². The van der Waals surface area contributed by atoms with Gasteiger partial charge in [0, 0.05) is 6.42 Å². The molecule has 0 aliphatic carbocycles. The lowest BCUT2D eigenvalue weighted by Crippen LogP contribution is -2.42. The van der Waals surface area contributed by atoms with Crippen LogP contribution in [-0.4, -0.2) is 35.8 Å². The summed E-state index contributed by atoms with van der Waals surface area (Å²) in [6, 6.07) is 7.91. The van der Waals surface area contributed by atoms with Crippen LogP contribution in [0.4, 0.5) is 4.79 Å². The Bertz CT molecular complexity index is 543. The molecule has 0 fully saturated rings. The SMILES string of the molecule is C=CCOC(=O)NC(CCC(=O)O)C(=O)OCc1ccccc1. The van der Waals surface area contributed by atoms with Gasteiger partial charge in [-0.05, 0) is 12.0 Å². The van der Waals surface area contributed by atoms with Crippen molar-refractivity contribution < 1.29 is 29.0 Å². The van der Waals surface area contributed by atoms with Crippen LogP contribution in [0.5, 0.6) is 0 Å². The second-order valence-corrected chi connectivity index (χ2v) is 4.61. The molecule has 0 aliphatic rings. The Hall–Kier alpha value is -2.83. The normalized spacial score (nSPS) is 11.1. The number of hydrogen-bond donors (Lipinski definition) is 2. The smallest absolute Gasteiger partial charge is 0.408 e. The maximum absolute atomic E-state index is 12.0. The zero-order valence-electron chi connectivity index (χ0n) is 12.6. The van der Waals surface area contributed by atoms with E-state index in [1.54, 1.807) is 24.3 Å². The first-order valence-electron chi connectivity index (χ1n) is 6.99. The Labute approximate surface area is 133 Å². The summed E-state index contributed by atoms with van der Waals surface area (Å²) < 4.78 is 9.82. The van der Waals surface area contributed by atoms with Crippen LogP contribution in [0.2, 0.25) is 0 Å². The predicted octanol–water partition coefficient (Wildman–Crippen LogP) is 1.88. The van der Waals surface area contributed by atoms with E-state index in [2.05, 4.69) is 11.9 Å². The Kier molecular flexibility index (Phi) is 7.91. The highest BCUT2D eigenvalue weighted by atomic mass is 16.6. The first-order valence-corrected chi connectivity index (χ1v) is 6.99. The summed E-state index contributed by atoms with van der Waals surface area (Å²) in [6.07, 6.45) is 0.162. The molecule has 1 aromatic rings. The number of carboxylic acids is 1. The number of aliphatic carboxylic acids is 1. The summed E-state index contributed by atoms with van der Waals surface area (Å²) in [7, 11) is 0. The minimum Gasteiger partial charge on any atom is -0.481 e. The summed E-state index contributed by atoms with van der Waals surface area (Å²) in [5, 5.41) is 11.0. The van der Waals surface area contributed by atoms with E-state index in [-0.39, 0.29) is 26.1 Å². The van der Waals surface area contributed by atoms with Gasteiger partial charge in [0.15, 0.2) is 0 Å². The molecule has 1 aromatic carbocycles. The Morgan fingerprint density at radius 1 is 1.22 bits per heavy atom. The van der Waals surface area contributed by atoms with E-state index in [0.29, 0.717) is 0 Å². The van der Waals surface area contributed by atoms with Crippen molar-refractivity contribution in [3.8, 4) is 0 Å². The number of esters is 1. The van der Waals surface area contributed by atoms with Crippen LogP contribution in [0.15, 0.2) is 43.0 Å². The molecule has 1 atom stereocenters. The van der Waals surface area contributed by atoms with Gasteiger partial charge in [-0.25, -0.2) is 9.59 Å². The van der Waals surface area contributed by atoms with E-state index in [9.17, 15) is 14.4 Å². The van der Waals surface area contributed by atoms with Crippen LogP contribution < -0.4 is 5.32 Å². The Balaban J connectivity index is 2.57. The number of nitrogens with one attached hydrogen (secondary N) is 1. The van der Waals surface area contributed by atoms with Crippen molar-refractivity contribution in [2.24, 2.45) is 0 Å². The average molecular weight is 321 g/mol. The zero-order chi connectivity index (χ0) is 17.1. The first-order chi connectivity index (χ1) is 11.0. The molecule has 0 saturated carbocycles. The number of alkyl carbamates (subject to hydrolysis) is 1. The van der Waals surface area contributed by atoms with Crippen molar-refractivity contribution in [2.45, 2.75) is 25.5 Å². The summed E-state index contributed by atoms with van der Waals surface area (Å²) in [5.74, 6) is -1.79. The largest absolute Gasteiger partial charge is 0.481 e. The van der Waals surface area contributed by atoms with E-state index < -0.39 is 24.1 Å². The van der Waals surface area contributed by atoms with E-state index in [1.165, 1.54) is 6.08 Å². The fourth-order valence-electron chi connectivity index (χ4n) is 1.66. The van der Waals surface area contributed by atoms with Crippen LogP contribution in [0.25, 0.3) is 0 Å². The van der Waals surface area contributed by atoms with Gasteiger partial charge in [-0.1, -0.05) is 43.0 Å². The molecule has 0 spiro atoms.